The van der Waals surface area contributed by atoms with Crippen molar-refractivity contribution in [2.24, 2.45) is 5.41 Å². The van der Waals surface area contributed by atoms with Gasteiger partial charge in [0.25, 0.3) is 0 Å². The van der Waals surface area contributed by atoms with E-state index in [-0.39, 0.29) is 11.4 Å². The zero-order valence-electron chi connectivity index (χ0n) is 12.6. The number of aromatic amines is 1. The molecule has 1 N–H and O–H groups in total. The second kappa shape index (κ2) is 6.17. The lowest BCUT2D eigenvalue weighted by atomic mass is 9.86. The average molecular weight is 314 g/mol. The van der Waals surface area contributed by atoms with Crippen LogP contribution < -0.4 is 0 Å². The summed E-state index contributed by atoms with van der Waals surface area (Å²) in [7, 11) is 0. The Kier molecular flexibility index (Phi) is 4.48. The van der Waals surface area contributed by atoms with Gasteiger partial charge in [-0.1, -0.05) is 44.5 Å². The van der Waals surface area contributed by atoms with Crippen molar-refractivity contribution in [1.29, 1.82) is 5.26 Å². The van der Waals surface area contributed by atoms with E-state index in [0.29, 0.717) is 10.6 Å². The summed E-state index contributed by atoms with van der Waals surface area (Å²) in [6.07, 6.45) is 3.16. The Morgan fingerprint density at radius 2 is 1.95 bits per heavy atom. The van der Waals surface area contributed by atoms with Gasteiger partial charge in [-0.25, -0.2) is 0 Å². The van der Waals surface area contributed by atoms with Crippen LogP contribution in [-0.4, -0.2) is 16.0 Å². The molecule has 1 aromatic carbocycles. The van der Waals surface area contributed by atoms with Crippen LogP contribution in [0.5, 0.6) is 0 Å². The van der Waals surface area contributed by atoms with E-state index in [2.05, 4.69) is 10.2 Å². The molecule has 2 rings (SSSR count). The monoisotopic (exact) mass is 313 g/mol. The summed E-state index contributed by atoms with van der Waals surface area (Å²) in [6, 6.07) is 9.24. The molecule has 0 aliphatic heterocycles. The molecule has 0 aliphatic carbocycles. The fraction of sp³-hybridized carbons (Fsp3) is 0.235. The Morgan fingerprint density at radius 3 is 2.50 bits per heavy atom. The summed E-state index contributed by atoms with van der Waals surface area (Å²) in [5.74, 6) is -0.196. The van der Waals surface area contributed by atoms with Gasteiger partial charge in [0.1, 0.15) is 6.07 Å². The highest BCUT2D eigenvalue weighted by atomic mass is 35.5. The Bertz CT molecular complexity index is 758. The highest BCUT2D eigenvalue weighted by molar-refractivity contribution is 6.30. The molecule has 0 fully saturated rings. The van der Waals surface area contributed by atoms with Gasteiger partial charge in [0.05, 0.1) is 17.5 Å². The molecule has 0 atom stereocenters. The van der Waals surface area contributed by atoms with Gasteiger partial charge in [-0.05, 0) is 18.2 Å². The molecular weight excluding hydrogens is 298 g/mol. The van der Waals surface area contributed by atoms with Crippen LogP contribution in [0.2, 0.25) is 5.02 Å². The number of ketones is 1. The van der Waals surface area contributed by atoms with Crippen molar-refractivity contribution in [3.63, 3.8) is 0 Å². The fourth-order valence-electron chi connectivity index (χ4n) is 1.96. The summed E-state index contributed by atoms with van der Waals surface area (Å²) in [4.78, 5) is 12.3. The third-order valence-corrected chi connectivity index (χ3v) is 3.40. The minimum atomic E-state index is -0.605. The number of benzene rings is 1. The number of nitriles is 1. The van der Waals surface area contributed by atoms with Gasteiger partial charge in [0, 0.05) is 21.6 Å². The van der Waals surface area contributed by atoms with Crippen LogP contribution in [-0.2, 0) is 4.79 Å². The Morgan fingerprint density at radius 1 is 1.32 bits per heavy atom. The quantitative estimate of drug-likeness (QED) is 0.680. The van der Waals surface area contributed by atoms with Crippen molar-refractivity contribution in [1.82, 2.24) is 10.2 Å². The van der Waals surface area contributed by atoms with Gasteiger partial charge in [-0.2, -0.15) is 10.4 Å². The number of rotatable bonds is 3. The van der Waals surface area contributed by atoms with Crippen molar-refractivity contribution >= 4 is 23.5 Å². The van der Waals surface area contributed by atoms with Gasteiger partial charge in [-0.3, -0.25) is 9.89 Å². The maximum atomic E-state index is 12.3. The lowest BCUT2D eigenvalue weighted by Crippen LogP contribution is -2.21. The zero-order chi connectivity index (χ0) is 16.3. The molecule has 1 aromatic heterocycles. The second-order valence-electron chi connectivity index (χ2n) is 5.96. The number of H-pyrrole nitrogens is 1. The van der Waals surface area contributed by atoms with E-state index < -0.39 is 5.41 Å². The molecule has 5 heteroatoms. The first kappa shape index (κ1) is 16.0. The molecule has 1 heterocycles. The highest BCUT2D eigenvalue weighted by Crippen LogP contribution is 2.26. The van der Waals surface area contributed by atoms with Gasteiger partial charge in [0.2, 0.25) is 0 Å². The lowest BCUT2D eigenvalue weighted by Gasteiger charge is -2.15. The van der Waals surface area contributed by atoms with Gasteiger partial charge in [-0.15, -0.1) is 0 Å². The Hall–Kier alpha value is -2.38. The maximum Gasteiger partial charge on any atom is 0.178 e. The molecule has 0 saturated carbocycles. The number of aromatic nitrogens is 2. The van der Waals surface area contributed by atoms with Gasteiger partial charge >= 0.3 is 0 Å². The number of carbonyl (C=O) groups is 1. The van der Waals surface area contributed by atoms with Crippen molar-refractivity contribution in [2.45, 2.75) is 20.8 Å². The first-order chi connectivity index (χ1) is 10.3. The first-order valence-electron chi connectivity index (χ1n) is 6.79. The van der Waals surface area contributed by atoms with Crippen LogP contribution in [0.25, 0.3) is 17.3 Å². The van der Waals surface area contributed by atoms with Crippen LogP contribution in [0.15, 0.2) is 36.0 Å². The largest absolute Gasteiger partial charge is 0.293 e. The third kappa shape index (κ3) is 3.44. The predicted molar refractivity (Wildman–Crippen MR) is 87.1 cm³/mol. The molecule has 22 heavy (non-hydrogen) atoms. The number of hydrogen-bond acceptors (Lipinski definition) is 3. The minimum Gasteiger partial charge on any atom is -0.293 e. The van der Waals surface area contributed by atoms with Crippen molar-refractivity contribution in [3.05, 3.63) is 46.6 Å². The Labute approximate surface area is 134 Å². The molecule has 112 valence electrons. The van der Waals surface area contributed by atoms with Gasteiger partial charge < -0.3 is 0 Å². The van der Waals surface area contributed by atoms with Crippen LogP contribution in [0.1, 0.15) is 26.3 Å². The van der Waals surface area contributed by atoms with E-state index in [1.807, 2.05) is 18.2 Å². The van der Waals surface area contributed by atoms with Crippen LogP contribution >= 0.6 is 11.6 Å². The number of hydrogen-bond donors (Lipinski definition) is 1. The number of carbonyl (C=O) groups excluding carboxylic acids is 1. The smallest absolute Gasteiger partial charge is 0.178 e. The summed E-state index contributed by atoms with van der Waals surface area (Å²) < 4.78 is 0. The lowest BCUT2D eigenvalue weighted by molar-refractivity contribution is -0.121. The Balaban J connectivity index is 2.45. The van der Waals surface area contributed by atoms with E-state index in [0.717, 1.165) is 11.3 Å². The van der Waals surface area contributed by atoms with Crippen LogP contribution in [0, 0.1) is 16.7 Å². The minimum absolute atomic E-state index is 0.115. The predicted octanol–water partition coefficient (Wildman–Crippen LogP) is 4.25. The molecule has 4 nitrogen and oxygen atoms in total. The van der Waals surface area contributed by atoms with Crippen LogP contribution in [0.4, 0.5) is 0 Å². The van der Waals surface area contributed by atoms with Crippen molar-refractivity contribution < 1.29 is 4.79 Å². The third-order valence-electron chi connectivity index (χ3n) is 3.15. The highest BCUT2D eigenvalue weighted by Gasteiger charge is 2.25. The summed E-state index contributed by atoms with van der Waals surface area (Å²) in [6.45, 7) is 5.36. The van der Waals surface area contributed by atoms with E-state index in [1.165, 1.54) is 0 Å². The fourth-order valence-corrected chi connectivity index (χ4v) is 2.09. The summed E-state index contributed by atoms with van der Waals surface area (Å²) in [5.41, 5.74) is 1.83. The molecule has 0 amide bonds. The molecular formula is C17H16ClN3O. The molecule has 0 aliphatic rings. The summed E-state index contributed by atoms with van der Waals surface area (Å²) >= 11 is 5.89. The number of halogens is 1. The topological polar surface area (TPSA) is 69.5 Å². The second-order valence-corrected chi connectivity index (χ2v) is 6.39. The molecule has 0 unspecified atom stereocenters. The molecule has 0 spiro atoms. The van der Waals surface area contributed by atoms with E-state index in [1.54, 1.807) is 45.2 Å². The number of nitrogens with zero attached hydrogens (tertiary/aromatic N) is 2. The normalized spacial score (nSPS) is 12.0. The van der Waals surface area contributed by atoms with Crippen molar-refractivity contribution in [2.75, 3.05) is 0 Å². The van der Waals surface area contributed by atoms with Crippen LogP contribution in [0.3, 0.4) is 0 Å². The van der Waals surface area contributed by atoms with E-state index >= 15 is 0 Å². The van der Waals surface area contributed by atoms with Gasteiger partial charge in [0.15, 0.2) is 5.78 Å². The first-order valence-corrected chi connectivity index (χ1v) is 7.16. The SMILES string of the molecule is CC(C)(C)C(=O)/C(C#N)=C/c1cn[nH]c1-c1ccc(Cl)cc1. The molecule has 0 saturated heterocycles. The molecule has 2 aromatic rings. The standard InChI is InChI=1S/C17H16ClN3O/c1-17(2,3)16(22)12(9-19)8-13-10-20-21-15(13)11-4-6-14(18)7-5-11/h4-8,10H,1-3H3,(H,20,21)/b12-8+. The number of allylic oxidation sites excluding steroid dienone is 1. The van der Waals surface area contributed by atoms with E-state index in [9.17, 15) is 10.1 Å². The zero-order valence-corrected chi connectivity index (χ0v) is 13.4. The molecule has 0 radical (unpaired) electrons. The van der Waals surface area contributed by atoms with E-state index in [4.69, 9.17) is 11.6 Å². The maximum absolute atomic E-state index is 12.3. The average Bonchev–Trinajstić information content (AvgIpc) is 2.92. The molecule has 0 bridgehead atoms. The summed E-state index contributed by atoms with van der Waals surface area (Å²) in [5, 5.41) is 16.8. The number of Topliss-reactive ketones (excluding diaryl/α,β-unsaturated/α-hetero) is 1. The van der Waals surface area contributed by atoms with Crippen molar-refractivity contribution in [3.8, 4) is 17.3 Å². The number of nitrogens with one attached hydrogen (secondary N) is 1.